The Labute approximate surface area is 683 Å². The average Bonchev–Trinajstić information content (AvgIpc) is 1.65. The van der Waals surface area contributed by atoms with E-state index in [2.05, 4.69) is 164 Å². The average molecular weight is 1630 g/mol. The van der Waals surface area contributed by atoms with Crippen molar-refractivity contribution in [3.63, 3.8) is 0 Å². The number of fused-ring (bicyclic) bond motifs is 4. The zero-order valence-corrected chi connectivity index (χ0v) is 67.3. The van der Waals surface area contributed by atoms with Gasteiger partial charge in [-0.15, -0.1) is 0 Å². The monoisotopic (exact) mass is 1620 g/mol. The van der Waals surface area contributed by atoms with Crippen molar-refractivity contribution in [2.24, 2.45) is 0 Å². The molecule has 0 aliphatic carbocycles. The number of H-pyrrole nitrogens is 4. The van der Waals surface area contributed by atoms with Crippen LogP contribution in [0.25, 0.3) is 67.6 Å². The highest BCUT2D eigenvalue weighted by Gasteiger charge is 2.21. The first-order chi connectivity index (χ1) is 57.2. The van der Waals surface area contributed by atoms with Crippen molar-refractivity contribution in [3.8, 4) is 50.9 Å². The number of aryl methyl sites for hydroxylation is 7. The number of nitrogens with zero attached hydrogens (tertiary/aromatic N) is 24. The Morgan fingerprint density at radius 2 is 0.667 bits per heavy atom. The quantitative estimate of drug-likeness (QED) is 0.0331. The summed E-state index contributed by atoms with van der Waals surface area (Å²) in [6.45, 7) is 14.0. The molecule has 0 bridgehead atoms. The molecular weight excluding hydrogens is 1550 g/mol. The molecule has 582 valence electrons. The molecule has 0 saturated heterocycles. The van der Waals surface area contributed by atoms with Crippen molar-refractivity contribution in [1.29, 1.82) is 0 Å². The van der Waals surface area contributed by atoms with E-state index in [9.17, 15) is 0 Å². The van der Waals surface area contributed by atoms with E-state index >= 15 is 0 Å². The summed E-state index contributed by atoms with van der Waals surface area (Å²) >= 11 is 5.60. The van der Waals surface area contributed by atoms with Gasteiger partial charge < -0.3 is 26.0 Å². The van der Waals surface area contributed by atoms with Crippen LogP contribution < -0.4 is 26.0 Å². The minimum atomic E-state index is 0.597. The fraction of sp³-hybridized carbons (Fsp3) is 0.150. The van der Waals surface area contributed by atoms with Crippen LogP contribution in [0, 0.1) is 48.5 Å². The first kappa shape index (κ1) is 75.1. The Hall–Kier alpha value is -14.6. The van der Waals surface area contributed by atoms with Crippen LogP contribution in [0.2, 0.25) is 0 Å². The molecule has 8 N–H and O–H groups in total. The molecule has 0 aliphatic heterocycles. The molecule has 20 aromatic rings. The van der Waals surface area contributed by atoms with E-state index < -0.39 is 0 Å². The second kappa shape index (κ2) is 33.6. The number of anilines is 8. The fourth-order valence-corrected chi connectivity index (χ4v) is 15.4. The largest absolute Gasteiger partial charge is 0.481 e. The molecule has 20 rings (SSSR count). The third kappa shape index (κ3) is 17.5. The molecule has 0 saturated carbocycles. The summed E-state index contributed by atoms with van der Waals surface area (Å²) in [5, 5.41) is 44.6. The lowest BCUT2D eigenvalue weighted by molar-refractivity contribution is 0.396. The van der Waals surface area contributed by atoms with E-state index in [-0.39, 0.29) is 0 Å². The van der Waals surface area contributed by atoms with Gasteiger partial charge in [0, 0.05) is 139 Å². The molecule has 20 heterocycles. The van der Waals surface area contributed by atoms with Crippen LogP contribution in [-0.4, -0.2) is 143 Å². The van der Waals surface area contributed by atoms with Gasteiger partial charge in [0.25, 0.3) is 0 Å². The number of pyridine rings is 4. The number of ether oxygens (including phenoxy) is 1. The second-order valence-electron chi connectivity index (χ2n) is 27.3. The Morgan fingerprint density at radius 1 is 0.325 bits per heavy atom. The zero-order chi connectivity index (χ0) is 79.9. The molecule has 117 heavy (non-hydrogen) atoms. The third-order valence-corrected chi connectivity index (χ3v) is 21.2. The summed E-state index contributed by atoms with van der Waals surface area (Å²) in [7, 11) is 1.61. The molecule has 0 radical (unpaired) electrons. The number of nitrogens with one attached hydrogen (secondary N) is 8. The van der Waals surface area contributed by atoms with Crippen molar-refractivity contribution in [3.05, 3.63) is 282 Å². The number of hydrogen-bond donors (Lipinski definition) is 8. The predicted molar refractivity (Wildman–Crippen MR) is 452 cm³/mol. The van der Waals surface area contributed by atoms with Crippen LogP contribution in [0.1, 0.15) is 85.0 Å². The molecule has 37 heteroatoms. The minimum Gasteiger partial charge on any atom is -0.481 e. The van der Waals surface area contributed by atoms with E-state index in [4.69, 9.17) is 4.74 Å². The van der Waals surface area contributed by atoms with E-state index in [0.717, 1.165) is 167 Å². The molecule has 0 fully saturated rings. The molecule has 0 aliphatic rings. The molecule has 33 nitrogen and oxygen atoms in total. The van der Waals surface area contributed by atoms with E-state index in [1.165, 1.54) is 51.7 Å². The molecule has 0 atom stereocenters. The van der Waals surface area contributed by atoms with E-state index in [1.54, 1.807) is 31.9 Å². The fourth-order valence-electron chi connectivity index (χ4n) is 12.8. The normalized spacial score (nSPS) is 11.2. The maximum Gasteiger partial charge on any atom is 0.213 e. The zero-order valence-electron chi connectivity index (χ0n) is 64.1. The summed E-state index contributed by atoms with van der Waals surface area (Å²) in [6, 6.07) is 26.1. The lowest BCUT2D eigenvalue weighted by Gasteiger charge is -2.07. The predicted octanol–water partition coefficient (Wildman–Crippen LogP) is 15.4. The summed E-state index contributed by atoms with van der Waals surface area (Å²) in [5.74, 6) is 3.37. The highest BCUT2D eigenvalue weighted by Crippen LogP contribution is 2.34. The van der Waals surface area contributed by atoms with Crippen molar-refractivity contribution in [1.82, 2.24) is 136 Å². The Bertz CT molecular complexity index is 6550. The van der Waals surface area contributed by atoms with Crippen LogP contribution in [0.15, 0.2) is 197 Å². The lowest BCUT2D eigenvalue weighted by Crippen LogP contribution is -2.00. The summed E-state index contributed by atoms with van der Waals surface area (Å²) < 4.78 is 31.5. The maximum absolute atomic E-state index is 5.19. The van der Waals surface area contributed by atoms with Crippen molar-refractivity contribution in [2.75, 3.05) is 28.4 Å². The van der Waals surface area contributed by atoms with E-state index in [1.807, 2.05) is 213 Å². The summed E-state index contributed by atoms with van der Waals surface area (Å²) in [4.78, 5) is 54.6. The van der Waals surface area contributed by atoms with Gasteiger partial charge in [-0.25, -0.2) is 44.9 Å². The summed E-state index contributed by atoms with van der Waals surface area (Å²) in [5.41, 5.74) is 25.5. The van der Waals surface area contributed by atoms with Gasteiger partial charge in [-0.3, -0.25) is 52.9 Å². The van der Waals surface area contributed by atoms with Gasteiger partial charge >= 0.3 is 0 Å². The number of imidazole rings is 4. The minimum absolute atomic E-state index is 0.597. The van der Waals surface area contributed by atoms with Crippen LogP contribution in [0.5, 0.6) is 5.88 Å². The molecule has 20 aromatic heterocycles. The number of rotatable bonds is 21. The highest BCUT2D eigenvalue weighted by atomic mass is 32.1. The van der Waals surface area contributed by atoms with Gasteiger partial charge in [0.05, 0.1) is 131 Å². The SMILES string of the molecule is COc1cccc(Cc2cc(Nc3nc(C)cn4c(-c5cn[nH]c5)cnc34)sn2)n1.Cc1ccc(Cc2cc(Nc3nc(C)cn4c(-c5cn[nH]c5)cnc34)sn2)nc1.Cc1ccc(Cc2cc(Nc3nc(C)cn4c(-c5cn[nH]c5)cnc34)sn2)nc1.Cc1ccnc(Cc2cc(Nc3nc(C)cn4c(-c5cn[nH]c5)cnc34)sn2)c1. The number of methoxy groups -OCH3 is 1. The van der Waals surface area contributed by atoms with Gasteiger partial charge in [-0.05, 0) is 166 Å². The molecular formula is C80H72N32OS4. The first-order valence-electron chi connectivity index (χ1n) is 36.7. The Morgan fingerprint density at radius 3 is 0.974 bits per heavy atom. The Balaban J connectivity index is 0.000000112. The van der Waals surface area contributed by atoms with Gasteiger partial charge in [0.15, 0.2) is 45.9 Å². The topological polar surface area (TPSA) is 396 Å². The van der Waals surface area contributed by atoms with Gasteiger partial charge in [-0.2, -0.15) is 37.9 Å². The number of hydrogen-bond acceptors (Lipinski definition) is 29. The molecule has 0 amide bonds. The number of aromatic amines is 4. The van der Waals surface area contributed by atoms with Crippen LogP contribution >= 0.6 is 46.1 Å². The first-order valence-corrected chi connectivity index (χ1v) is 39.8. The van der Waals surface area contributed by atoms with Crippen LogP contribution in [0.3, 0.4) is 0 Å². The van der Waals surface area contributed by atoms with E-state index in [0.29, 0.717) is 54.8 Å². The Kier molecular flexibility index (Phi) is 21.6. The van der Waals surface area contributed by atoms with Gasteiger partial charge in [0.1, 0.15) is 20.0 Å². The van der Waals surface area contributed by atoms with Gasteiger partial charge in [-0.1, -0.05) is 18.2 Å². The smallest absolute Gasteiger partial charge is 0.213 e. The standard InChI is InChI=1S/C20H18N8OS.3C20H18N8S/c1-12-11-28-16(13-8-22-23-9-13)10-21-20(28)19(24-12)26-18-7-15(27-30-18)6-14-4-3-5-17(25-14)29-2;2*1-12-3-4-15(21-7-12)5-16-6-18(29-27-16)26-19-20-22-10-17(14-8-23-24-9-14)28(20)11-13(2)25-19;1-12-3-4-21-15(5-12)6-16-7-18(29-27-16)26-19-20-22-10-17(14-8-23-24-9-14)28(20)11-13(2)25-19/h3-5,7-11H,6H2,1-2H3,(H,22,23)(H,24,26);2*3-4,6-11H,5H2,1-2H3,(H,23,24)(H,25,26);3-5,7-11H,6H2,1-2H3,(H,23,24)(H,25,26). The second-order valence-corrected chi connectivity index (χ2v) is 30.5. The van der Waals surface area contributed by atoms with Crippen LogP contribution in [0.4, 0.5) is 43.3 Å². The van der Waals surface area contributed by atoms with Crippen molar-refractivity contribution >= 4 is 112 Å². The molecule has 0 aromatic carbocycles. The molecule has 0 spiro atoms. The van der Waals surface area contributed by atoms with Crippen LogP contribution in [-0.2, 0) is 25.7 Å². The summed E-state index contributed by atoms with van der Waals surface area (Å²) in [6.07, 6.45) is 38.0. The highest BCUT2D eigenvalue weighted by molar-refractivity contribution is 7.11. The lowest BCUT2D eigenvalue weighted by atomic mass is 10.2. The maximum atomic E-state index is 5.19. The van der Waals surface area contributed by atoms with Crippen molar-refractivity contribution in [2.45, 2.75) is 74.1 Å². The molecule has 0 unspecified atom stereocenters. The number of aromatic nitrogens is 28. The van der Waals surface area contributed by atoms with Gasteiger partial charge in [0.2, 0.25) is 5.88 Å². The third-order valence-electron chi connectivity index (χ3n) is 18.2. The van der Waals surface area contributed by atoms with Crippen molar-refractivity contribution < 1.29 is 4.74 Å².